The number of hydrogen-bond donors (Lipinski definition) is 7. The average molecular weight is 812 g/mol. The van der Waals surface area contributed by atoms with Gasteiger partial charge < -0.3 is 51.0 Å². The number of methoxy groups -OCH3 is 1. The number of hydrogen-bond acceptors (Lipinski definition) is 9. The normalized spacial score (nSPS) is 14.9. The number of nitrogens with zero attached hydrogens (tertiary/aromatic N) is 1. The highest BCUT2D eigenvalue weighted by Crippen LogP contribution is 2.39. The molecule has 0 saturated carbocycles. The molecule has 8 N–H and O–H groups in total. The van der Waals surface area contributed by atoms with E-state index in [1.165, 1.54) is 36.3 Å². The predicted molar refractivity (Wildman–Crippen MR) is 208 cm³/mol. The Balaban J connectivity index is 1.49. The van der Waals surface area contributed by atoms with E-state index in [-0.39, 0.29) is 52.1 Å². The van der Waals surface area contributed by atoms with Crippen molar-refractivity contribution in [3.8, 4) is 0 Å². The summed E-state index contributed by atoms with van der Waals surface area (Å²) >= 11 is 0. The number of rotatable bonds is 20. The van der Waals surface area contributed by atoms with Gasteiger partial charge in [0, 0.05) is 26.7 Å². The Morgan fingerprint density at radius 3 is 2.16 bits per heavy atom. The number of fused-ring (bicyclic) bond motifs is 1. The fourth-order valence-corrected chi connectivity index (χ4v) is 7.31. The van der Waals surface area contributed by atoms with Gasteiger partial charge in [-0.1, -0.05) is 66.7 Å². The Morgan fingerprint density at radius 2 is 1.53 bits per heavy atom. The maximum atomic E-state index is 14.2. The second-order valence-electron chi connectivity index (χ2n) is 14.1. The first-order valence-corrected chi connectivity index (χ1v) is 20.3. The van der Waals surface area contributed by atoms with Gasteiger partial charge in [-0.3, -0.25) is 28.5 Å². The van der Waals surface area contributed by atoms with Gasteiger partial charge >= 0.3 is 19.7 Å². The monoisotopic (exact) mass is 811 g/mol. The van der Waals surface area contributed by atoms with Gasteiger partial charge in [-0.25, -0.2) is 4.79 Å². The second-order valence-corrected chi connectivity index (χ2v) is 15.7. The van der Waals surface area contributed by atoms with Crippen molar-refractivity contribution in [3.05, 3.63) is 83.4 Å². The Labute approximate surface area is 329 Å². The number of ether oxygens (including phenoxy) is 2. The molecular formula is C39H50N5O12P. The summed E-state index contributed by atoms with van der Waals surface area (Å²) in [5.74, 6) is -5.67. The lowest BCUT2D eigenvalue weighted by atomic mass is 9.84. The van der Waals surface area contributed by atoms with Gasteiger partial charge in [-0.15, -0.1) is 0 Å². The smallest absolute Gasteiger partial charge is 0.409 e. The maximum absolute atomic E-state index is 14.2. The number of nitrogens with two attached hydrogens (primary N) is 1. The largest absolute Gasteiger partial charge is 0.481 e. The lowest BCUT2D eigenvalue weighted by Crippen LogP contribution is -2.66. The number of nitrogens with one attached hydrogen (secondary N) is 3. The number of carbonyl (C=O) groups excluding carboxylic acids is 5. The van der Waals surface area contributed by atoms with Crippen LogP contribution in [0.15, 0.2) is 66.7 Å². The molecule has 0 spiro atoms. The first-order valence-electron chi connectivity index (χ1n) is 18.5. The quantitative estimate of drug-likeness (QED) is 0.0639. The van der Waals surface area contributed by atoms with Gasteiger partial charge in [-0.05, 0) is 59.6 Å². The van der Waals surface area contributed by atoms with Gasteiger partial charge in [0.1, 0.15) is 18.2 Å². The SMILES string of the molecule is COCCOC(=O)N1CCC(NC(=O)[C@@H](CC(=O)O)Cc2ccc(CP(=O)(O)O)cc2)(C(=O)N[C@@H](CC(N)=O)C(=O)NCCCc2ccc3ccccc3c2)CC1. The minimum Gasteiger partial charge on any atom is -0.481 e. The topological polar surface area (TPSA) is 264 Å². The summed E-state index contributed by atoms with van der Waals surface area (Å²) in [7, 11) is -2.89. The molecule has 0 aliphatic carbocycles. The molecule has 5 amide bonds. The van der Waals surface area contributed by atoms with Crippen LogP contribution < -0.4 is 21.7 Å². The molecule has 308 valence electrons. The van der Waals surface area contributed by atoms with E-state index in [9.17, 15) is 48.2 Å². The predicted octanol–water partition coefficient (Wildman–Crippen LogP) is 1.99. The molecule has 4 rings (SSSR count). The number of carbonyl (C=O) groups is 6. The molecule has 0 bridgehead atoms. The standard InChI is InChI=1S/C39H50N5O12P/c1-55-19-20-56-38(51)44-17-14-39(15-18-44,43-35(48)31(23-34(46)47)22-27-8-10-28(11-9-27)25-57(52,53)54)37(50)42-32(24-33(40)45)36(49)41-16-4-5-26-12-13-29-6-2-3-7-30(29)21-26/h2-3,6-13,21,31-32H,4-5,14-20,22-25H2,1H3,(H2,40,45)(H,41,49)(H,42,50)(H,43,48)(H,46,47)(H2,52,53,54)/t31-,32+/m1/s1. The Hall–Kier alpha value is -5.35. The Morgan fingerprint density at radius 1 is 0.877 bits per heavy atom. The zero-order valence-corrected chi connectivity index (χ0v) is 32.6. The van der Waals surface area contributed by atoms with Crippen molar-refractivity contribution in [3.63, 3.8) is 0 Å². The summed E-state index contributed by atoms with van der Waals surface area (Å²) < 4.78 is 21.6. The molecule has 1 aliphatic rings. The van der Waals surface area contributed by atoms with Gasteiger partial charge in [0.2, 0.25) is 23.6 Å². The first-order chi connectivity index (χ1) is 27.1. The number of aliphatic carboxylic acids is 1. The molecule has 1 aliphatic heterocycles. The molecule has 1 heterocycles. The van der Waals surface area contributed by atoms with Gasteiger partial charge in [0.15, 0.2) is 0 Å². The van der Waals surface area contributed by atoms with E-state index in [2.05, 4.69) is 22.0 Å². The fraction of sp³-hybridized carbons (Fsp3) is 0.436. The van der Waals surface area contributed by atoms with Crippen LogP contribution in [0.4, 0.5) is 4.79 Å². The van der Waals surface area contributed by atoms with Crippen molar-refractivity contribution < 1.29 is 57.7 Å². The number of carboxylic acids is 1. The molecule has 1 saturated heterocycles. The van der Waals surface area contributed by atoms with E-state index in [1.807, 2.05) is 36.4 Å². The van der Waals surface area contributed by atoms with E-state index in [4.69, 9.17) is 15.2 Å². The number of primary amides is 1. The zero-order valence-electron chi connectivity index (χ0n) is 31.7. The van der Waals surface area contributed by atoms with Crippen molar-refractivity contribution >= 4 is 54.1 Å². The third kappa shape index (κ3) is 14.0. The Kier molecular flexibility index (Phi) is 16.1. The third-order valence-corrected chi connectivity index (χ3v) is 10.4. The molecule has 17 nitrogen and oxygen atoms in total. The number of benzene rings is 3. The van der Waals surface area contributed by atoms with E-state index >= 15 is 0 Å². The minimum absolute atomic E-state index is 0.0163. The van der Waals surface area contributed by atoms with Crippen LogP contribution in [0.5, 0.6) is 0 Å². The van der Waals surface area contributed by atoms with E-state index < -0.39 is 79.8 Å². The highest BCUT2D eigenvalue weighted by atomic mass is 31.2. The molecular weight excluding hydrogens is 761 g/mol. The average Bonchev–Trinajstić information content (AvgIpc) is 3.16. The molecule has 3 aromatic rings. The third-order valence-electron chi connectivity index (χ3n) is 9.65. The summed E-state index contributed by atoms with van der Waals surface area (Å²) in [6, 6.07) is 18.6. The van der Waals surface area contributed by atoms with Gasteiger partial charge in [0.25, 0.3) is 0 Å². The number of carboxylic acid groups (broad SMARTS) is 1. The lowest BCUT2D eigenvalue weighted by Gasteiger charge is -2.41. The highest BCUT2D eigenvalue weighted by molar-refractivity contribution is 7.50. The van der Waals surface area contributed by atoms with Crippen LogP contribution in [-0.4, -0.2) is 107 Å². The van der Waals surface area contributed by atoms with Crippen molar-refractivity contribution in [2.75, 3.05) is 40.0 Å². The lowest BCUT2D eigenvalue weighted by molar-refractivity contribution is -0.143. The van der Waals surface area contributed by atoms with Gasteiger partial charge in [-0.2, -0.15) is 0 Å². The maximum Gasteiger partial charge on any atom is 0.409 e. The number of aryl methyl sites for hydroxylation is 1. The zero-order chi connectivity index (χ0) is 41.6. The molecule has 0 unspecified atom stereocenters. The number of amides is 5. The molecule has 1 fully saturated rings. The van der Waals surface area contributed by atoms with Crippen molar-refractivity contribution in [1.82, 2.24) is 20.9 Å². The van der Waals surface area contributed by atoms with Crippen molar-refractivity contribution in [2.45, 2.75) is 62.7 Å². The molecule has 2 atom stereocenters. The number of likely N-dealkylation sites (tertiary alicyclic amines) is 1. The summed E-state index contributed by atoms with van der Waals surface area (Å²) in [6.45, 7) is 0.233. The molecule has 18 heteroatoms. The van der Waals surface area contributed by atoms with Crippen LogP contribution >= 0.6 is 7.60 Å². The van der Waals surface area contributed by atoms with E-state index in [0.29, 0.717) is 24.0 Å². The molecule has 0 aromatic heterocycles. The van der Waals surface area contributed by atoms with E-state index in [0.717, 1.165) is 16.3 Å². The van der Waals surface area contributed by atoms with Crippen molar-refractivity contribution in [2.24, 2.45) is 11.7 Å². The summed E-state index contributed by atoms with van der Waals surface area (Å²) in [4.78, 5) is 98.2. The summed E-state index contributed by atoms with van der Waals surface area (Å²) in [5, 5.41) is 20.0. The first kappa shape index (κ1) is 44.4. The summed E-state index contributed by atoms with van der Waals surface area (Å²) in [5.41, 5.74) is 5.62. The number of piperidine rings is 1. The molecule has 57 heavy (non-hydrogen) atoms. The highest BCUT2D eigenvalue weighted by Gasteiger charge is 2.46. The van der Waals surface area contributed by atoms with Crippen LogP contribution in [0.25, 0.3) is 10.8 Å². The van der Waals surface area contributed by atoms with Crippen LogP contribution in [0, 0.1) is 5.92 Å². The van der Waals surface area contributed by atoms with Crippen LogP contribution in [0.2, 0.25) is 0 Å². The van der Waals surface area contributed by atoms with Crippen LogP contribution in [0.1, 0.15) is 48.8 Å². The van der Waals surface area contributed by atoms with E-state index in [1.54, 1.807) is 0 Å². The van der Waals surface area contributed by atoms with Crippen molar-refractivity contribution in [1.29, 1.82) is 0 Å². The second kappa shape index (κ2) is 20.7. The molecule has 3 aromatic carbocycles. The summed E-state index contributed by atoms with van der Waals surface area (Å²) in [6.07, 6.45) is -1.57. The molecule has 0 radical (unpaired) electrons. The van der Waals surface area contributed by atoms with Crippen LogP contribution in [-0.2, 0) is 57.0 Å². The van der Waals surface area contributed by atoms with Crippen LogP contribution in [0.3, 0.4) is 0 Å². The Bertz CT molecular complexity index is 1950. The fourth-order valence-electron chi connectivity index (χ4n) is 6.62. The minimum atomic E-state index is -4.34. The van der Waals surface area contributed by atoms with Gasteiger partial charge in [0.05, 0.1) is 31.5 Å².